The van der Waals surface area contributed by atoms with Crippen molar-refractivity contribution in [2.24, 2.45) is 0 Å². The molecule has 1 fully saturated rings. The van der Waals surface area contributed by atoms with E-state index in [0.717, 1.165) is 32.3 Å². The number of rotatable bonds is 8. The van der Waals surface area contributed by atoms with Crippen LogP contribution in [0.15, 0.2) is 24.3 Å². The Hall–Kier alpha value is -2.15. The first kappa shape index (κ1) is 19.2. The fourth-order valence-electron chi connectivity index (χ4n) is 2.87. The zero-order valence-electron chi connectivity index (χ0n) is 15.1. The number of hydrogen-bond acceptors (Lipinski definition) is 5. The number of benzene rings is 1. The summed E-state index contributed by atoms with van der Waals surface area (Å²) in [6, 6.07) is 6.11. The average Bonchev–Trinajstić information content (AvgIpc) is 3.06. The topological polar surface area (TPSA) is 93.5 Å². The second-order valence-corrected chi connectivity index (χ2v) is 7.14. The van der Waals surface area contributed by atoms with Gasteiger partial charge in [0, 0.05) is 30.5 Å². The number of nitrogens with one attached hydrogen (secondary N) is 2. The van der Waals surface area contributed by atoms with Crippen molar-refractivity contribution in [1.82, 2.24) is 5.32 Å². The molecule has 0 radical (unpaired) electrons. The van der Waals surface area contributed by atoms with Gasteiger partial charge in [-0.05, 0) is 58.6 Å². The minimum Gasteiger partial charge on any atom is -0.378 e. The molecule has 1 aliphatic heterocycles. The number of carbonyl (C=O) groups excluding carboxylic acids is 1. The Morgan fingerprint density at radius 3 is 2.64 bits per heavy atom. The summed E-state index contributed by atoms with van der Waals surface area (Å²) in [6.45, 7) is 6.42. The molecular formula is C18H27N3O4. The van der Waals surface area contributed by atoms with Crippen molar-refractivity contribution in [3.63, 3.8) is 0 Å². The number of ether oxygens (including phenoxy) is 1. The maximum atomic E-state index is 12.5. The summed E-state index contributed by atoms with van der Waals surface area (Å²) in [6.07, 6.45) is 4.39. The van der Waals surface area contributed by atoms with Crippen molar-refractivity contribution in [3.05, 3.63) is 34.4 Å². The molecule has 25 heavy (non-hydrogen) atoms. The number of anilines is 1. The lowest BCUT2D eigenvalue weighted by atomic mass is 10.0. The maximum absolute atomic E-state index is 12.5. The normalized spacial score (nSPS) is 18.6. The standard InChI is InChI=1S/C18H27N3O4/c1-13(6-11-16-5-4-12-25-16)19-17(22)18(2,3)20-14-7-9-15(10-8-14)21(23)24/h7-10,13,16,20H,4-6,11-12H2,1-3H3,(H,19,22). The predicted molar refractivity (Wildman–Crippen MR) is 96.6 cm³/mol. The third kappa shape index (κ3) is 5.70. The molecule has 1 heterocycles. The molecule has 0 bridgehead atoms. The monoisotopic (exact) mass is 349 g/mol. The van der Waals surface area contributed by atoms with Gasteiger partial charge in [0.1, 0.15) is 5.54 Å². The smallest absolute Gasteiger partial charge is 0.269 e. The number of hydrogen-bond donors (Lipinski definition) is 2. The van der Waals surface area contributed by atoms with E-state index in [1.54, 1.807) is 26.0 Å². The van der Waals surface area contributed by atoms with Gasteiger partial charge in [-0.1, -0.05) is 0 Å². The Labute approximate surface area is 148 Å². The van der Waals surface area contributed by atoms with Crippen molar-refractivity contribution < 1.29 is 14.5 Å². The molecule has 1 aliphatic rings. The molecule has 1 saturated heterocycles. The van der Waals surface area contributed by atoms with Crippen LogP contribution in [0.25, 0.3) is 0 Å². The Balaban J connectivity index is 1.84. The highest BCUT2D eigenvalue weighted by atomic mass is 16.6. The van der Waals surface area contributed by atoms with Gasteiger partial charge in [0.25, 0.3) is 5.69 Å². The van der Waals surface area contributed by atoms with E-state index in [1.807, 2.05) is 6.92 Å². The van der Waals surface area contributed by atoms with Gasteiger partial charge >= 0.3 is 0 Å². The van der Waals surface area contributed by atoms with Crippen LogP contribution in [-0.2, 0) is 9.53 Å². The summed E-state index contributed by atoms with van der Waals surface area (Å²) in [5, 5.41) is 16.9. The van der Waals surface area contributed by atoms with Crippen LogP contribution < -0.4 is 10.6 Å². The van der Waals surface area contributed by atoms with E-state index in [1.165, 1.54) is 12.1 Å². The summed E-state index contributed by atoms with van der Waals surface area (Å²) in [4.78, 5) is 22.8. The van der Waals surface area contributed by atoms with Crippen molar-refractivity contribution in [3.8, 4) is 0 Å². The molecule has 7 heteroatoms. The van der Waals surface area contributed by atoms with Crippen LogP contribution >= 0.6 is 0 Å². The zero-order chi connectivity index (χ0) is 18.4. The Kier molecular flexibility index (Phi) is 6.36. The third-order valence-electron chi connectivity index (χ3n) is 4.43. The molecule has 138 valence electrons. The first-order valence-corrected chi connectivity index (χ1v) is 8.73. The van der Waals surface area contributed by atoms with Crippen LogP contribution in [0.3, 0.4) is 0 Å². The van der Waals surface area contributed by atoms with E-state index in [4.69, 9.17) is 4.74 Å². The van der Waals surface area contributed by atoms with E-state index >= 15 is 0 Å². The lowest BCUT2D eigenvalue weighted by molar-refractivity contribution is -0.384. The number of nitro benzene ring substituents is 1. The molecule has 7 nitrogen and oxygen atoms in total. The van der Waals surface area contributed by atoms with Gasteiger partial charge in [0.2, 0.25) is 5.91 Å². The van der Waals surface area contributed by atoms with Crippen LogP contribution in [0.5, 0.6) is 0 Å². The second-order valence-electron chi connectivity index (χ2n) is 7.14. The van der Waals surface area contributed by atoms with Crippen molar-refractivity contribution >= 4 is 17.3 Å². The molecule has 0 aliphatic carbocycles. The number of non-ortho nitro benzene ring substituents is 1. The van der Waals surface area contributed by atoms with Gasteiger partial charge in [0.15, 0.2) is 0 Å². The quantitative estimate of drug-likeness (QED) is 0.555. The van der Waals surface area contributed by atoms with E-state index in [2.05, 4.69) is 10.6 Å². The van der Waals surface area contributed by atoms with Gasteiger partial charge in [-0.2, -0.15) is 0 Å². The first-order chi connectivity index (χ1) is 11.8. The first-order valence-electron chi connectivity index (χ1n) is 8.73. The number of carbonyl (C=O) groups is 1. The number of nitrogens with zero attached hydrogens (tertiary/aromatic N) is 1. The fourth-order valence-corrected chi connectivity index (χ4v) is 2.87. The maximum Gasteiger partial charge on any atom is 0.269 e. The van der Waals surface area contributed by atoms with Crippen molar-refractivity contribution in [2.45, 2.75) is 64.1 Å². The molecule has 2 unspecified atom stereocenters. The van der Waals surface area contributed by atoms with E-state index in [9.17, 15) is 14.9 Å². The van der Waals surface area contributed by atoms with Crippen LogP contribution in [0.4, 0.5) is 11.4 Å². The number of nitro groups is 1. The van der Waals surface area contributed by atoms with Crippen molar-refractivity contribution in [1.29, 1.82) is 0 Å². The van der Waals surface area contributed by atoms with Crippen LogP contribution in [0.1, 0.15) is 46.5 Å². The van der Waals surface area contributed by atoms with Crippen LogP contribution in [0, 0.1) is 10.1 Å². The molecule has 2 atom stereocenters. The lowest BCUT2D eigenvalue weighted by Gasteiger charge is -2.28. The Morgan fingerprint density at radius 2 is 2.08 bits per heavy atom. The summed E-state index contributed by atoms with van der Waals surface area (Å²) < 4.78 is 5.61. The molecule has 1 aromatic rings. The summed E-state index contributed by atoms with van der Waals surface area (Å²) in [7, 11) is 0. The molecule has 1 aromatic carbocycles. The minimum absolute atomic E-state index is 0.0237. The van der Waals surface area contributed by atoms with Gasteiger partial charge in [-0.15, -0.1) is 0 Å². The van der Waals surface area contributed by atoms with Gasteiger partial charge in [0.05, 0.1) is 11.0 Å². The molecule has 0 aromatic heterocycles. The summed E-state index contributed by atoms with van der Waals surface area (Å²) in [5.74, 6) is -0.106. The third-order valence-corrected chi connectivity index (χ3v) is 4.43. The zero-order valence-corrected chi connectivity index (χ0v) is 15.1. The molecule has 2 rings (SSSR count). The fraction of sp³-hybridized carbons (Fsp3) is 0.611. The highest BCUT2D eigenvalue weighted by Crippen LogP contribution is 2.20. The molecule has 0 saturated carbocycles. The molecule has 2 N–H and O–H groups in total. The SMILES string of the molecule is CC(CCC1CCCO1)NC(=O)C(C)(C)Nc1ccc([N+](=O)[O-])cc1. The van der Waals surface area contributed by atoms with E-state index in [-0.39, 0.29) is 17.6 Å². The Morgan fingerprint density at radius 1 is 1.40 bits per heavy atom. The molecule has 0 spiro atoms. The summed E-state index contributed by atoms with van der Waals surface area (Å²) >= 11 is 0. The average molecular weight is 349 g/mol. The predicted octanol–water partition coefficient (Wildman–Crippen LogP) is 3.25. The van der Waals surface area contributed by atoms with E-state index in [0.29, 0.717) is 11.8 Å². The largest absolute Gasteiger partial charge is 0.378 e. The molecule has 1 amide bonds. The van der Waals surface area contributed by atoms with Gasteiger partial charge in [-0.3, -0.25) is 14.9 Å². The van der Waals surface area contributed by atoms with Gasteiger partial charge < -0.3 is 15.4 Å². The highest BCUT2D eigenvalue weighted by molar-refractivity contribution is 5.88. The summed E-state index contributed by atoms with van der Waals surface area (Å²) in [5.41, 5.74) is -0.137. The van der Waals surface area contributed by atoms with Crippen LogP contribution in [-0.4, -0.2) is 35.1 Å². The molecular weight excluding hydrogens is 322 g/mol. The Bertz CT molecular complexity index is 595. The second kappa shape index (κ2) is 8.29. The van der Waals surface area contributed by atoms with Crippen molar-refractivity contribution in [2.75, 3.05) is 11.9 Å². The minimum atomic E-state index is -0.825. The number of amides is 1. The lowest BCUT2D eigenvalue weighted by Crippen LogP contribution is -2.50. The van der Waals surface area contributed by atoms with Gasteiger partial charge in [-0.25, -0.2) is 0 Å². The van der Waals surface area contributed by atoms with E-state index < -0.39 is 10.5 Å². The highest BCUT2D eigenvalue weighted by Gasteiger charge is 2.28. The van der Waals surface area contributed by atoms with Crippen LogP contribution in [0.2, 0.25) is 0 Å².